The monoisotopic (exact) mass is 249 g/mol. The lowest BCUT2D eigenvalue weighted by Gasteiger charge is -2.20. The molecule has 0 fully saturated rings. The molecular weight excluding hydrogens is 226 g/mol. The molecule has 1 aromatic rings. The largest absolute Gasteiger partial charge is 0.324 e. The molecule has 0 bridgehead atoms. The van der Waals surface area contributed by atoms with Crippen molar-refractivity contribution in [3.05, 3.63) is 33.9 Å². The van der Waals surface area contributed by atoms with Gasteiger partial charge in [-0.15, -0.1) is 0 Å². The minimum Gasteiger partial charge on any atom is -0.324 e. The fourth-order valence-corrected chi connectivity index (χ4v) is 2.30. The van der Waals surface area contributed by atoms with Gasteiger partial charge in [0.05, 0.1) is 0 Å². The lowest BCUT2D eigenvalue weighted by atomic mass is 9.89. The molecule has 0 heterocycles. The van der Waals surface area contributed by atoms with E-state index in [9.17, 15) is 4.79 Å². The van der Waals surface area contributed by atoms with E-state index in [1.807, 2.05) is 0 Å². The molecule has 0 aliphatic rings. The number of carbonyl (C=O) groups is 1. The molecule has 100 valence electrons. The number of amides is 1. The van der Waals surface area contributed by atoms with E-state index in [1.54, 1.807) is 7.05 Å². The maximum absolute atomic E-state index is 11.6. The van der Waals surface area contributed by atoms with E-state index in [1.165, 1.54) is 22.3 Å². The highest BCUT2D eigenvalue weighted by Crippen LogP contribution is 2.27. The molecule has 1 atom stereocenters. The third kappa shape index (κ3) is 3.09. The Bertz CT molecular complexity index is 429. The predicted octanol–water partition coefficient (Wildman–Crippen LogP) is 1.56. The van der Waals surface area contributed by atoms with Gasteiger partial charge in [0.25, 0.3) is 0 Å². The van der Waals surface area contributed by atoms with Crippen molar-refractivity contribution in [3.63, 3.8) is 0 Å². The first-order valence-electron chi connectivity index (χ1n) is 6.17. The first-order valence-corrected chi connectivity index (χ1v) is 6.17. The van der Waals surface area contributed by atoms with E-state index in [-0.39, 0.29) is 18.4 Å². The topological polar surface area (TPSA) is 67.1 Å². The summed E-state index contributed by atoms with van der Waals surface area (Å²) in [5.41, 5.74) is 17.2. The average molecular weight is 249 g/mol. The first kappa shape index (κ1) is 14.7. The molecule has 0 aliphatic carbocycles. The highest BCUT2D eigenvalue weighted by atomic mass is 16.2. The zero-order valence-electron chi connectivity index (χ0n) is 11.8. The Morgan fingerprint density at radius 2 is 1.72 bits per heavy atom. The van der Waals surface area contributed by atoms with Crippen molar-refractivity contribution in [3.8, 4) is 0 Å². The minimum atomic E-state index is -0.267. The Morgan fingerprint density at radius 1 is 1.22 bits per heavy atom. The van der Waals surface area contributed by atoms with Gasteiger partial charge in [0.2, 0.25) is 5.91 Å². The van der Waals surface area contributed by atoms with Crippen molar-refractivity contribution in [2.75, 3.05) is 7.05 Å². The smallest absolute Gasteiger partial charge is 0.235 e. The fraction of sp³-hybridized carbons (Fsp3) is 0.500. The molecular formula is C14H23N3O. The van der Waals surface area contributed by atoms with Crippen molar-refractivity contribution in [2.24, 2.45) is 5.73 Å². The third-order valence-corrected chi connectivity index (χ3v) is 3.46. The third-order valence-electron chi connectivity index (χ3n) is 3.46. The molecule has 1 rings (SSSR count). The molecule has 4 N–H and O–H groups in total. The van der Waals surface area contributed by atoms with Crippen molar-refractivity contribution < 1.29 is 4.79 Å². The summed E-state index contributed by atoms with van der Waals surface area (Å²) in [5.74, 6) is -0.0945. The molecule has 0 saturated carbocycles. The number of hydrogen-bond acceptors (Lipinski definition) is 3. The van der Waals surface area contributed by atoms with Gasteiger partial charge in [-0.05, 0) is 55.5 Å². The Labute approximate surface area is 109 Å². The van der Waals surface area contributed by atoms with E-state index in [0.29, 0.717) is 0 Å². The maximum Gasteiger partial charge on any atom is 0.235 e. The summed E-state index contributed by atoms with van der Waals surface area (Å²) in [4.78, 5) is 11.6. The molecule has 0 aliphatic heterocycles. The van der Waals surface area contributed by atoms with Gasteiger partial charge in [-0.25, -0.2) is 5.43 Å². The van der Waals surface area contributed by atoms with Crippen LogP contribution in [0.1, 0.15) is 40.3 Å². The minimum absolute atomic E-state index is 0.0945. The van der Waals surface area contributed by atoms with Crippen LogP contribution in [0.25, 0.3) is 0 Å². The highest BCUT2D eigenvalue weighted by Gasteiger charge is 2.17. The van der Waals surface area contributed by atoms with E-state index < -0.39 is 0 Å². The van der Waals surface area contributed by atoms with Gasteiger partial charge in [-0.3, -0.25) is 10.2 Å². The summed E-state index contributed by atoms with van der Waals surface area (Å²) in [6, 6.07) is 1.89. The summed E-state index contributed by atoms with van der Waals surface area (Å²) in [6.45, 7) is 8.28. The van der Waals surface area contributed by atoms with Gasteiger partial charge in [0.1, 0.15) is 0 Å². The van der Waals surface area contributed by atoms with Crippen LogP contribution < -0.4 is 16.6 Å². The number of hydrazine groups is 1. The summed E-state index contributed by atoms with van der Waals surface area (Å²) < 4.78 is 0. The summed E-state index contributed by atoms with van der Waals surface area (Å²) in [5, 5.41) is 0. The van der Waals surface area contributed by atoms with Crippen LogP contribution in [0.4, 0.5) is 0 Å². The molecule has 0 aromatic heterocycles. The quantitative estimate of drug-likeness (QED) is 0.709. The van der Waals surface area contributed by atoms with Crippen molar-refractivity contribution >= 4 is 5.91 Å². The number of benzene rings is 1. The van der Waals surface area contributed by atoms with Crippen LogP contribution in [0.15, 0.2) is 6.07 Å². The van der Waals surface area contributed by atoms with Gasteiger partial charge in [-0.2, -0.15) is 0 Å². The Hall–Kier alpha value is -1.39. The molecule has 1 aromatic carbocycles. The molecule has 4 heteroatoms. The van der Waals surface area contributed by atoms with Crippen LogP contribution >= 0.6 is 0 Å². The molecule has 4 nitrogen and oxygen atoms in total. The first-order chi connectivity index (χ1) is 8.38. The van der Waals surface area contributed by atoms with Gasteiger partial charge < -0.3 is 5.73 Å². The second kappa shape index (κ2) is 5.98. The number of rotatable bonds is 4. The number of carbonyl (C=O) groups excluding carboxylic acids is 1. The zero-order valence-corrected chi connectivity index (χ0v) is 11.8. The van der Waals surface area contributed by atoms with Crippen LogP contribution in [0.3, 0.4) is 0 Å². The van der Waals surface area contributed by atoms with Gasteiger partial charge in [-0.1, -0.05) is 6.07 Å². The lowest BCUT2D eigenvalue weighted by molar-refractivity contribution is -0.122. The standard InChI is InChI=1S/C14H23N3O/c1-8-6-9(2)11(4)14(10(8)3)12(15)7-13(18)17-16-5/h6,12,16H,7,15H2,1-5H3,(H,17,18). The van der Waals surface area contributed by atoms with Crippen molar-refractivity contribution in [1.82, 2.24) is 10.9 Å². The Kier molecular flexibility index (Phi) is 4.87. The number of nitrogens with one attached hydrogen (secondary N) is 2. The molecule has 1 amide bonds. The highest BCUT2D eigenvalue weighted by molar-refractivity contribution is 5.76. The van der Waals surface area contributed by atoms with Gasteiger partial charge in [0, 0.05) is 19.5 Å². The summed E-state index contributed by atoms with van der Waals surface area (Å²) in [7, 11) is 1.66. The van der Waals surface area contributed by atoms with Gasteiger partial charge in [0.15, 0.2) is 0 Å². The van der Waals surface area contributed by atoms with E-state index in [2.05, 4.69) is 44.6 Å². The molecule has 1 unspecified atom stereocenters. The normalized spacial score (nSPS) is 12.3. The SMILES string of the molecule is CNNC(=O)CC(N)c1c(C)c(C)cc(C)c1C. The van der Waals surface area contributed by atoms with Crippen LogP contribution in [0.2, 0.25) is 0 Å². The summed E-state index contributed by atoms with van der Waals surface area (Å²) >= 11 is 0. The second-order valence-electron chi connectivity index (χ2n) is 4.78. The predicted molar refractivity (Wildman–Crippen MR) is 74.1 cm³/mol. The van der Waals surface area contributed by atoms with E-state index in [4.69, 9.17) is 5.73 Å². The van der Waals surface area contributed by atoms with Crippen LogP contribution in [-0.4, -0.2) is 13.0 Å². The molecule has 18 heavy (non-hydrogen) atoms. The average Bonchev–Trinajstić information content (AvgIpc) is 2.27. The lowest BCUT2D eigenvalue weighted by Crippen LogP contribution is -2.36. The van der Waals surface area contributed by atoms with Crippen molar-refractivity contribution in [2.45, 2.75) is 40.2 Å². The van der Waals surface area contributed by atoms with Gasteiger partial charge >= 0.3 is 0 Å². The number of nitrogens with two attached hydrogens (primary N) is 1. The zero-order chi connectivity index (χ0) is 13.9. The van der Waals surface area contributed by atoms with E-state index in [0.717, 1.165) is 5.56 Å². The number of aryl methyl sites for hydroxylation is 2. The second-order valence-corrected chi connectivity index (χ2v) is 4.78. The number of hydrogen-bond donors (Lipinski definition) is 3. The van der Waals surface area contributed by atoms with Crippen LogP contribution in [0.5, 0.6) is 0 Å². The van der Waals surface area contributed by atoms with Crippen LogP contribution in [0, 0.1) is 27.7 Å². The maximum atomic E-state index is 11.6. The fourth-order valence-electron chi connectivity index (χ4n) is 2.30. The molecule has 0 saturated heterocycles. The van der Waals surface area contributed by atoms with Crippen LogP contribution in [-0.2, 0) is 4.79 Å². The molecule has 0 radical (unpaired) electrons. The Morgan fingerprint density at radius 3 is 2.17 bits per heavy atom. The molecule has 0 spiro atoms. The Balaban J connectivity index is 3.05. The summed E-state index contributed by atoms with van der Waals surface area (Å²) in [6.07, 6.45) is 0.283. The van der Waals surface area contributed by atoms with E-state index >= 15 is 0 Å². The van der Waals surface area contributed by atoms with Crippen molar-refractivity contribution in [1.29, 1.82) is 0 Å².